The largest absolute Gasteiger partial charge is 0.489 e. The van der Waals surface area contributed by atoms with Crippen LogP contribution in [0.1, 0.15) is 54.0 Å². The number of aliphatic hydroxyl groups excluding tert-OH is 2. The second-order valence-electron chi connectivity index (χ2n) is 9.06. The second-order valence-corrected chi connectivity index (χ2v) is 9.06. The molecule has 0 saturated carbocycles. The van der Waals surface area contributed by atoms with E-state index >= 15 is 0 Å². The lowest BCUT2D eigenvalue weighted by atomic mass is 10.0. The molecule has 0 aliphatic heterocycles. The Balaban J connectivity index is 1.26. The first-order valence-corrected chi connectivity index (χ1v) is 12.8. The van der Waals surface area contributed by atoms with Crippen molar-refractivity contribution < 1.29 is 28.5 Å². The summed E-state index contributed by atoms with van der Waals surface area (Å²) >= 11 is 0. The van der Waals surface area contributed by atoms with Crippen LogP contribution in [0.2, 0.25) is 0 Å². The first-order chi connectivity index (χ1) is 18.0. The lowest BCUT2D eigenvalue weighted by Crippen LogP contribution is -2.22. The van der Waals surface area contributed by atoms with E-state index in [9.17, 15) is 19.0 Å². The monoisotopic (exact) mass is 513 g/mol. The Labute approximate surface area is 218 Å². The maximum atomic E-state index is 14.0. The van der Waals surface area contributed by atoms with Crippen LogP contribution < -0.4 is 10.1 Å². The van der Waals surface area contributed by atoms with Crippen molar-refractivity contribution >= 4 is 0 Å². The topological polar surface area (TPSA) is 71.0 Å². The summed E-state index contributed by atoms with van der Waals surface area (Å²) in [6, 6.07) is 22.9. The molecule has 0 aliphatic carbocycles. The van der Waals surface area contributed by atoms with Crippen LogP contribution in [0, 0.1) is 0 Å². The van der Waals surface area contributed by atoms with Crippen LogP contribution in [-0.4, -0.2) is 36.5 Å². The average Bonchev–Trinajstić information content (AvgIpc) is 2.93. The Kier molecular flexibility index (Phi) is 12.0. The molecule has 0 amide bonds. The van der Waals surface area contributed by atoms with Gasteiger partial charge in [0.1, 0.15) is 19.0 Å². The van der Waals surface area contributed by atoms with Gasteiger partial charge in [0.2, 0.25) is 0 Å². The van der Waals surface area contributed by atoms with Gasteiger partial charge in [-0.05, 0) is 42.6 Å². The number of rotatable bonds is 17. The molecule has 0 aromatic heterocycles. The van der Waals surface area contributed by atoms with Crippen LogP contribution in [0.15, 0.2) is 78.9 Å². The predicted octanol–water partition coefficient (Wildman–Crippen LogP) is 5.75. The number of unbranched alkanes of at least 4 members (excludes halogenated alkanes) is 3. The van der Waals surface area contributed by atoms with Crippen LogP contribution in [-0.2, 0) is 23.9 Å². The van der Waals surface area contributed by atoms with E-state index in [2.05, 4.69) is 5.32 Å². The summed E-state index contributed by atoms with van der Waals surface area (Å²) in [7, 11) is 0. The van der Waals surface area contributed by atoms with E-state index in [4.69, 9.17) is 9.47 Å². The van der Waals surface area contributed by atoms with Gasteiger partial charge in [0.05, 0.1) is 12.7 Å². The second kappa shape index (κ2) is 15.4. The summed E-state index contributed by atoms with van der Waals surface area (Å²) in [6.07, 6.45) is 2.79. The Morgan fingerprint density at radius 1 is 0.865 bits per heavy atom. The molecule has 3 aromatic carbocycles. The molecule has 0 unspecified atom stereocenters. The number of hydrogen-bond acceptors (Lipinski definition) is 5. The molecule has 200 valence electrons. The molecule has 0 spiro atoms. The molecule has 0 heterocycles. The van der Waals surface area contributed by atoms with Crippen molar-refractivity contribution in [1.29, 1.82) is 0 Å². The number of hydrogen-bond donors (Lipinski definition) is 3. The molecule has 0 aliphatic rings. The molecular formula is C30H37F2NO4. The maximum Gasteiger partial charge on any atom is 0.296 e. The summed E-state index contributed by atoms with van der Waals surface area (Å²) < 4.78 is 39.1. The lowest BCUT2D eigenvalue weighted by Gasteiger charge is -2.17. The number of benzene rings is 3. The highest BCUT2D eigenvalue weighted by Gasteiger charge is 2.31. The highest BCUT2D eigenvalue weighted by Crippen LogP contribution is 2.28. The van der Waals surface area contributed by atoms with E-state index in [1.54, 1.807) is 30.3 Å². The van der Waals surface area contributed by atoms with Crippen molar-refractivity contribution in [3.63, 3.8) is 0 Å². The molecule has 5 nitrogen and oxygen atoms in total. The Hall–Kier alpha value is -2.84. The minimum Gasteiger partial charge on any atom is -0.489 e. The lowest BCUT2D eigenvalue weighted by molar-refractivity contribution is -0.0831. The fourth-order valence-corrected chi connectivity index (χ4v) is 3.94. The first-order valence-electron chi connectivity index (χ1n) is 12.8. The van der Waals surface area contributed by atoms with Crippen molar-refractivity contribution in [1.82, 2.24) is 5.32 Å². The van der Waals surface area contributed by atoms with Crippen molar-refractivity contribution in [3.05, 3.63) is 101 Å². The molecule has 7 heteroatoms. The molecule has 1 atom stereocenters. The first kappa shape index (κ1) is 28.7. The number of halogens is 2. The van der Waals surface area contributed by atoms with Gasteiger partial charge in [0, 0.05) is 24.3 Å². The molecule has 37 heavy (non-hydrogen) atoms. The van der Waals surface area contributed by atoms with E-state index in [1.807, 2.05) is 36.4 Å². The average molecular weight is 514 g/mol. The van der Waals surface area contributed by atoms with Gasteiger partial charge < -0.3 is 25.0 Å². The van der Waals surface area contributed by atoms with Crippen LogP contribution in [0.3, 0.4) is 0 Å². The summed E-state index contributed by atoms with van der Waals surface area (Å²) in [5.74, 6) is -2.37. The maximum absolute atomic E-state index is 14.0. The number of nitrogens with one attached hydrogen (secondary N) is 1. The highest BCUT2D eigenvalue weighted by atomic mass is 19.3. The van der Waals surface area contributed by atoms with Crippen LogP contribution in [0.25, 0.3) is 0 Å². The Morgan fingerprint density at radius 2 is 1.57 bits per heavy atom. The van der Waals surface area contributed by atoms with Crippen molar-refractivity contribution in [2.24, 2.45) is 0 Å². The molecular weight excluding hydrogens is 476 g/mol. The highest BCUT2D eigenvalue weighted by molar-refractivity contribution is 5.38. The zero-order valence-electron chi connectivity index (χ0n) is 21.1. The smallest absolute Gasteiger partial charge is 0.296 e. The summed E-state index contributed by atoms with van der Waals surface area (Å²) in [4.78, 5) is 0. The van der Waals surface area contributed by atoms with Gasteiger partial charge in [-0.3, -0.25) is 0 Å². The molecule has 0 fully saturated rings. The quantitative estimate of drug-likeness (QED) is 0.201. The summed E-state index contributed by atoms with van der Waals surface area (Å²) in [6.45, 7) is 1.08. The van der Waals surface area contributed by atoms with Gasteiger partial charge in [-0.15, -0.1) is 0 Å². The molecule has 3 rings (SSSR count). The van der Waals surface area contributed by atoms with Gasteiger partial charge in [-0.25, -0.2) is 0 Å². The standard InChI is InChI=1S/C30H37F2NO4/c31-30(32,27-13-7-4-8-14-27)23-36-18-10-2-1-9-17-33-20-28(35)25-15-16-29(26(19-25)21-34)37-22-24-11-5-3-6-12-24/h3-8,11-16,19,28,33-35H,1-2,9-10,17-18,20-23H2/t28-/m1/s1. The minimum atomic E-state index is -2.97. The Morgan fingerprint density at radius 3 is 2.30 bits per heavy atom. The van der Waals surface area contributed by atoms with E-state index in [0.717, 1.165) is 37.8 Å². The fraction of sp³-hybridized carbons (Fsp3) is 0.400. The van der Waals surface area contributed by atoms with Crippen LogP contribution >= 0.6 is 0 Å². The van der Waals surface area contributed by atoms with Gasteiger partial charge in [0.25, 0.3) is 5.92 Å². The van der Waals surface area contributed by atoms with Gasteiger partial charge in [-0.2, -0.15) is 8.78 Å². The summed E-state index contributed by atoms with van der Waals surface area (Å²) in [5, 5.41) is 23.5. The molecule has 3 aromatic rings. The SMILES string of the molecule is OCc1cc([C@H](O)CNCCCCCCOCC(F)(F)c2ccccc2)ccc1OCc1ccccc1. The fourth-order valence-electron chi connectivity index (χ4n) is 3.94. The molecule has 0 radical (unpaired) electrons. The Bertz CT molecular complexity index is 1030. The van der Waals surface area contributed by atoms with Gasteiger partial charge >= 0.3 is 0 Å². The van der Waals surface area contributed by atoms with E-state index in [1.165, 1.54) is 12.1 Å². The molecule has 0 bridgehead atoms. The van der Waals surface area contributed by atoms with E-state index < -0.39 is 18.6 Å². The third-order valence-electron chi connectivity index (χ3n) is 6.09. The number of ether oxygens (including phenoxy) is 2. The van der Waals surface area contributed by atoms with Crippen molar-refractivity contribution in [3.8, 4) is 5.75 Å². The van der Waals surface area contributed by atoms with E-state index in [-0.39, 0.29) is 12.2 Å². The van der Waals surface area contributed by atoms with Gasteiger partial charge in [-0.1, -0.05) is 79.6 Å². The van der Waals surface area contributed by atoms with Crippen LogP contribution in [0.5, 0.6) is 5.75 Å². The zero-order chi connectivity index (χ0) is 26.3. The third kappa shape index (κ3) is 9.85. The normalized spacial score (nSPS) is 12.4. The predicted molar refractivity (Wildman–Crippen MR) is 141 cm³/mol. The minimum absolute atomic E-state index is 0.0248. The third-order valence-corrected chi connectivity index (χ3v) is 6.09. The van der Waals surface area contributed by atoms with Crippen molar-refractivity contribution in [2.45, 2.75) is 50.9 Å². The summed E-state index contributed by atoms with van der Waals surface area (Å²) in [5.41, 5.74) is 2.37. The number of alkyl halides is 2. The zero-order valence-corrected chi connectivity index (χ0v) is 21.1. The van der Waals surface area contributed by atoms with E-state index in [0.29, 0.717) is 36.6 Å². The van der Waals surface area contributed by atoms with Gasteiger partial charge in [0.15, 0.2) is 0 Å². The molecule has 0 saturated heterocycles. The van der Waals surface area contributed by atoms with Crippen LogP contribution in [0.4, 0.5) is 8.78 Å². The molecule has 3 N–H and O–H groups in total. The van der Waals surface area contributed by atoms with Crippen molar-refractivity contribution in [2.75, 3.05) is 26.3 Å². The number of aliphatic hydroxyl groups is 2.